The van der Waals surface area contributed by atoms with Gasteiger partial charge in [-0.05, 0) is 25.7 Å². The number of hydrogen-bond acceptors (Lipinski definition) is 3. The predicted octanol–water partition coefficient (Wildman–Crippen LogP) is 0.299. The molecule has 3 heteroatoms. The third kappa shape index (κ3) is 2.77. The van der Waals surface area contributed by atoms with Crippen LogP contribution in [0, 0.1) is 0 Å². The highest BCUT2D eigenvalue weighted by Gasteiger charge is 2.22. The fourth-order valence-electron chi connectivity index (χ4n) is 1.39. The van der Waals surface area contributed by atoms with Gasteiger partial charge >= 0.3 is 0 Å². The second-order valence-electron chi connectivity index (χ2n) is 2.98. The number of aliphatic hydroxyl groups is 2. The molecule has 0 amide bonds. The Labute approximate surface area is 67.0 Å². The van der Waals surface area contributed by atoms with Gasteiger partial charge in [-0.3, -0.25) is 0 Å². The number of hydrogen-bond donors (Lipinski definition) is 2. The van der Waals surface area contributed by atoms with Gasteiger partial charge in [-0.1, -0.05) is 0 Å². The maximum Gasteiger partial charge on any atom is 0.0834 e. The number of ether oxygens (including phenoxy) is 1. The molecule has 0 bridgehead atoms. The molecule has 0 aromatic heterocycles. The number of rotatable bonds is 3. The van der Waals surface area contributed by atoms with Crippen LogP contribution >= 0.6 is 0 Å². The molecule has 0 radical (unpaired) electrons. The van der Waals surface area contributed by atoms with E-state index in [4.69, 9.17) is 9.84 Å². The summed E-state index contributed by atoms with van der Waals surface area (Å²) in [6, 6.07) is 0. The van der Waals surface area contributed by atoms with E-state index in [0.717, 1.165) is 32.3 Å². The Morgan fingerprint density at radius 3 is 2.91 bits per heavy atom. The van der Waals surface area contributed by atoms with Gasteiger partial charge in [0.05, 0.1) is 12.2 Å². The normalized spacial score (nSPS) is 32.2. The average molecular weight is 160 g/mol. The first-order valence-electron chi connectivity index (χ1n) is 4.25. The molecule has 1 rings (SSSR count). The summed E-state index contributed by atoms with van der Waals surface area (Å²) in [4.78, 5) is 0. The van der Waals surface area contributed by atoms with Gasteiger partial charge in [0.1, 0.15) is 0 Å². The van der Waals surface area contributed by atoms with Gasteiger partial charge in [-0.25, -0.2) is 0 Å². The molecule has 3 nitrogen and oxygen atoms in total. The lowest BCUT2D eigenvalue weighted by atomic mass is 10.0. The molecule has 0 spiro atoms. The lowest BCUT2D eigenvalue weighted by Gasteiger charge is -2.27. The standard InChI is InChI=1S/C8H16O3/c9-5-1-4-8-7(10)3-2-6-11-8/h7-10H,1-6H2/t7-,8+/m1/s1. The van der Waals surface area contributed by atoms with Crippen LogP contribution in [0.4, 0.5) is 0 Å². The van der Waals surface area contributed by atoms with Gasteiger partial charge < -0.3 is 14.9 Å². The summed E-state index contributed by atoms with van der Waals surface area (Å²) in [5.41, 5.74) is 0. The SMILES string of the molecule is OCCC[C@@H]1OCCC[C@H]1O. The van der Waals surface area contributed by atoms with Crippen LogP contribution in [0.3, 0.4) is 0 Å². The van der Waals surface area contributed by atoms with E-state index in [1.807, 2.05) is 0 Å². The Morgan fingerprint density at radius 1 is 1.45 bits per heavy atom. The minimum Gasteiger partial charge on any atom is -0.396 e. The van der Waals surface area contributed by atoms with Crippen LogP contribution in [0.5, 0.6) is 0 Å². The summed E-state index contributed by atoms with van der Waals surface area (Å²) in [7, 11) is 0. The third-order valence-corrected chi connectivity index (χ3v) is 2.05. The summed E-state index contributed by atoms with van der Waals surface area (Å²) in [5, 5.41) is 17.9. The van der Waals surface area contributed by atoms with Gasteiger partial charge in [0, 0.05) is 13.2 Å². The topological polar surface area (TPSA) is 49.7 Å². The molecular formula is C8H16O3. The summed E-state index contributed by atoms with van der Waals surface area (Å²) >= 11 is 0. The first-order chi connectivity index (χ1) is 5.34. The van der Waals surface area contributed by atoms with Crippen LogP contribution in [0.1, 0.15) is 25.7 Å². The Morgan fingerprint density at radius 2 is 2.27 bits per heavy atom. The zero-order chi connectivity index (χ0) is 8.10. The van der Waals surface area contributed by atoms with E-state index >= 15 is 0 Å². The van der Waals surface area contributed by atoms with Crippen LogP contribution in [-0.4, -0.2) is 35.6 Å². The maximum absolute atomic E-state index is 9.39. The molecule has 0 aromatic rings. The van der Waals surface area contributed by atoms with Gasteiger partial charge in [-0.2, -0.15) is 0 Å². The fourth-order valence-corrected chi connectivity index (χ4v) is 1.39. The van der Waals surface area contributed by atoms with Crippen molar-refractivity contribution in [3.05, 3.63) is 0 Å². The summed E-state index contributed by atoms with van der Waals surface area (Å²) < 4.78 is 5.33. The lowest BCUT2D eigenvalue weighted by Crippen LogP contribution is -2.33. The molecule has 1 aliphatic rings. The van der Waals surface area contributed by atoms with Crippen molar-refractivity contribution in [3.8, 4) is 0 Å². The molecule has 1 heterocycles. The van der Waals surface area contributed by atoms with Crippen LogP contribution in [-0.2, 0) is 4.74 Å². The molecular weight excluding hydrogens is 144 g/mol. The Bertz CT molecular complexity index is 106. The zero-order valence-electron chi connectivity index (χ0n) is 6.70. The van der Waals surface area contributed by atoms with Gasteiger partial charge in [-0.15, -0.1) is 0 Å². The fraction of sp³-hybridized carbons (Fsp3) is 1.00. The van der Waals surface area contributed by atoms with E-state index in [1.54, 1.807) is 0 Å². The van der Waals surface area contributed by atoms with Crippen molar-refractivity contribution < 1.29 is 14.9 Å². The molecule has 1 saturated heterocycles. The Balaban J connectivity index is 2.18. The van der Waals surface area contributed by atoms with Crippen LogP contribution in [0.15, 0.2) is 0 Å². The highest BCUT2D eigenvalue weighted by molar-refractivity contribution is 4.72. The van der Waals surface area contributed by atoms with Gasteiger partial charge in [0.15, 0.2) is 0 Å². The van der Waals surface area contributed by atoms with Gasteiger partial charge in [0.2, 0.25) is 0 Å². The van der Waals surface area contributed by atoms with Crippen molar-refractivity contribution in [3.63, 3.8) is 0 Å². The third-order valence-electron chi connectivity index (χ3n) is 2.05. The van der Waals surface area contributed by atoms with Crippen LogP contribution in [0.25, 0.3) is 0 Å². The second-order valence-corrected chi connectivity index (χ2v) is 2.98. The van der Waals surface area contributed by atoms with E-state index in [9.17, 15) is 5.11 Å². The van der Waals surface area contributed by atoms with Crippen molar-refractivity contribution in [2.24, 2.45) is 0 Å². The highest BCUT2D eigenvalue weighted by atomic mass is 16.5. The van der Waals surface area contributed by atoms with E-state index < -0.39 is 0 Å². The van der Waals surface area contributed by atoms with Crippen molar-refractivity contribution in [2.45, 2.75) is 37.9 Å². The van der Waals surface area contributed by atoms with Gasteiger partial charge in [0.25, 0.3) is 0 Å². The van der Waals surface area contributed by atoms with E-state index in [0.29, 0.717) is 0 Å². The molecule has 66 valence electrons. The van der Waals surface area contributed by atoms with Crippen LogP contribution < -0.4 is 0 Å². The molecule has 1 aliphatic heterocycles. The summed E-state index contributed by atoms with van der Waals surface area (Å²) in [6.45, 7) is 0.944. The Kier molecular flexibility index (Phi) is 3.83. The predicted molar refractivity (Wildman–Crippen MR) is 41.3 cm³/mol. The molecule has 2 N–H and O–H groups in total. The quantitative estimate of drug-likeness (QED) is 0.624. The average Bonchev–Trinajstić information content (AvgIpc) is 2.03. The molecule has 0 saturated carbocycles. The van der Waals surface area contributed by atoms with Crippen molar-refractivity contribution in [1.82, 2.24) is 0 Å². The first kappa shape index (κ1) is 8.97. The molecule has 0 unspecified atom stereocenters. The van der Waals surface area contributed by atoms with E-state index in [1.165, 1.54) is 0 Å². The van der Waals surface area contributed by atoms with Crippen LogP contribution in [0.2, 0.25) is 0 Å². The molecule has 2 atom stereocenters. The van der Waals surface area contributed by atoms with Crippen molar-refractivity contribution in [1.29, 1.82) is 0 Å². The van der Waals surface area contributed by atoms with E-state index in [-0.39, 0.29) is 18.8 Å². The maximum atomic E-state index is 9.39. The largest absolute Gasteiger partial charge is 0.396 e. The minimum atomic E-state index is -0.310. The Hall–Kier alpha value is -0.120. The number of aliphatic hydroxyl groups excluding tert-OH is 2. The smallest absolute Gasteiger partial charge is 0.0834 e. The lowest BCUT2D eigenvalue weighted by molar-refractivity contribution is -0.0785. The summed E-state index contributed by atoms with van der Waals surface area (Å²) in [5.74, 6) is 0. The zero-order valence-corrected chi connectivity index (χ0v) is 6.70. The summed E-state index contributed by atoms with van der Waals surface area (Å²) in [6.07, 6.45) is 2.96. The molecule has 11 heavy (non-hydrogen) atoms. The molecule has 0 aliphatic carbocycles. The monoisotopic (exact) mass is 160 g/mol. The molecule has 1 fully saturated rings. The minimum absolute atomic E-state index is 0.0316. The van der Waals surface area contributed by atoms with Crippen molar-refractivity contribution in [2.75, 3.05) is 13.2 Å². The second kappa shape index (κ2) is 4.70. The molecule has 0 aromatic carbocycles. The first-order valence-corrected chi connectivity index (χ1v) is 4.25. The van der Waals surface area contributed by atoms with E-state index in [2.05, 4.69) is 0 Å². The highest BCUT2D eigenvalue weighted by Crippen LogP contribution is 2.17. The van der Waals surface area contributed by atoms with Crippen molar-refractivity contribution >= 4 is 0 Å².